The molecular weight excluding hydrogens is 462 g/mol. The van der Waals surface area contributed by atoms with Crippen LogP contribution in [0.15, 0.2) is 62.2 Å². The first-order chi connectivity index (χ1) is 16.7. The average Bonchev–Trinajstić information content (AvgIpc) is 2.87. The Morgan fingerprint density at radius 1 is 0.771 bits per heavy atom. The molecule has 0 amide bonds. The minimum atomic E-state index is -1.12. The minimum absolute atomic E-state index is 0.0551. The Bertz CT molecular complexity index is 840. The van der Waals surface area contributed by atoms with Crippen LogP contribution in [0.1, 0.15) is 0 Å². The molecule has 3 atom stereocenters. The lowest BCUT2D eigenvalue weighted by molar-refractivity contribution is -0.141. The van der Waals surface area contributed by atoms with E-state index in [2.05, 4.69) is 19.7 Å². The summed E-state index contributed by atoms with van der Waals surface area (Å²) < 4.78 is 20.0. The van der Waals surface area contributed by atoms with Gasteiger partial charge in [-0.15, -0.1) is 0 Å². The lowest BCUT2D eigenvalue weighted by atomic mass is 10.2. The maximum Gasteiger partial charge on any atom is 0.330 e. The number of aliphatic hydroxyl groups is 3. The zero-order valence-corrected chi connectivity index (χ0v) is 19.3. The number of ether oxygens (including phenoxy) is 4. The van der Waals surface area contributed by atoms with Crippen LogP contribution < -0.4 is 9.64 Å². The molecule has 11 nitrogen and oxygen atoms in total. The van der Waals surface area contributed by atoms with Gasteiger partial charge in [-0.1, -0.05) is 25.8 Å². The van der Waals surface area contributed by atoms with Crippen molar-refractivity contribution in [1.82, 2.24) is 0 Å². The van der Waals surface area contributed by atoms with E-state index in [1.165, 1.54) is 0 Å². The van der Waals surface area contributed by atoms with Gasteiger partial charge < -0.3 is 39.2 Å². The Hall–Kier alpha value is -3.67. The topological polar surface area (TPSA) is 152 Å². The van der Waals surface area contributed by atoms with Crippen molar-refractivity contribution in [1.29, 1.82) is 0 Å². The van der Waals surface area contributed by atoms with E-state index in [1.54, 1.807) is 29.2 Å². The Morgan fingerprint density at radius 3 is 1.69 bits per heavy atom. The summed E-state index contributed by atoms with van der Waals surface area (Å²) in [7, 11) is 0. The molecule has 0 bridgehead atoms. The maximum atomic E-state index is 11.3. The molecule has 0 saturated heterocycles. The molecule has 11 heteroatoms. The molecule has 3 N–H and O–H groups in total. The van der Waals surface area contributed by atoms with Gasteiger partial charge in [-0.2, -0.15) is 0 Å². The summed E-state index contributed by atoms with van der Waals surface area (Å²) in [4.78, 5) is 35.2. The number of carbonyl (C=O) groups is 3. The van der Waals surface area contributed by atoms with Gasteiger partial charge in [-0.25, -0.2) is 14.4 Å². The summed E-state index contributed by atoms with van der Waals surface area (Å²) in [5.74, 6) is -1.71. The van der Waals surface area contributed by atoms with E-state index in [4.69, 9.17) is 18.9 Å². The summed E-state index contributed by atoms with van der Waals surface area (Å²) >= 11 is 0. The van der Waals surface area contributed by atoms with E-state index >= 15 is 0 Å². The van der Waals surface area contributed by atoms with Gasteiger partial charge in [0.2, 0.25) is 0 Å². The number of rotatable bonds is 17. The third-order valence-corrected chi connectivity index (χ3v) is 4.24. The predicted molar refractivity (Wildman–Crippen MR) is 126 cm³/mol. The molecule has 0 radical (unpaired) electrons. The van der Waals surface area contributed by atoms with Crippen LogP contribution in [0.4, 0.5) is 5.69 Å². The number of hydrogen-bond donors (Lipinski definition) is 3. The Morgan fingerprint density at radius 2 is 1.23 bits per heavy atom. The van der Waals surface area contributed by atoms with Crippen molar-refractivity contribution in [3.05, 3.63) is 62.2 Å². The highest BCUT2D eigenvalue weighted by atomic mass is 16.6. The molecule has 1 aromatic rings. The van der Waals surface area contributed by atoms with E-state index in [9.17, 15) is 29.7 Å². The minimum Gasteiger partial charge on any atom is -0.491 e. The SMILES string of the molecule is C=CC(=O)OCC(O)COc1cccc(N(CC(O)COC(=O)C=C)CC(O)COC(=O)C=C)c1. The lowest BCUT2D eigenvalue weighted by Gasteiger charge is -2.29. The van der Waals surface area contributed by atoms with Gasteiger partial charge in [0.15, 0.2) is 0 Å². The van der Waals surface area contributed by atoms with Crippen LogP contribution in [0, 0.1) is 0 Å². The van der Waals surface area contributed by atoms with Gasteiger partial charge >= 0.3 is 17.9 Å². The van der Waals surface area contributed by atoms with Crippen molar-refractivity contribution in [2.45, 2.75) is 18.3 Å². The van der Waals surface area contributed by atoms with Gasteiger partial charge in [-0.05, 0) is 12.1 Å². The van der Waals surface area contributed by atoms with Gasteiger partial charge in [0.25, 0.3) is 0 Å². The van der Waals surface area contributed by atoms with Gasteiger partial charge in [-0.3, -0.25) is 0 Å². The molecule has 1 rings (SSSR count). The monoisotopic (exact) mass is 493 g/mol. The van der Waals surface area contributed by atoms with Crippen molar-refractivity contribution in [3.63, 3.8) is 0 Å². The summed E-state index contributed by atoms with van der Waals surface area (Å²) in [5.41, 5.74) is 0.512. The molecule has 0 saturated carbocycles. The fourth-order valence-electron chi connectivity index (χ4n) is 2.62. The number of esters is 3. The normalized spacial score (nSPS) is 12.9. The zero-order valence-electron chi connectivity index (χ0n) is 19.3. The molecule has 0 aromatic heterocycles. The van der Waals surface area contributed by atoms with Gasteiger partial charge in [0, 0.05) is 43.1 Å². The second kappa shape index (κ2) is 16.0. The summed E-state index contributed by atoms with van der Waals surface area (Å²) in [6.07, 6.45) is -0.404. The first kappa shape index (κ1) is 29.4. The fraction of sp³-hybridized carbons (Fsp3) is 0.375. The van der Waals surface area contributed by atoms with E-state index in [1.807, 2.05) is 0 Å². The molecule has 3 unspecified atom stereocenters. The average molecular weight is 494 g/mol. The van der Waals surface area contributed by atoms with E-state index in [0.717, 1.165) is 18.2 Å². The fourth-order valence-corrected chi connectivity index (χ4v) is 2.62. The number of carbonyl (C=O) groups excluding carboxylic acids is 3. The molecule has 1 aromatic carbocycles. The molecule has 0 aliphatic heterocycles. The first-order valence-electron chi connectivity index (χ1n) is 10.6. The largest absolute Gasteiger partial charge is 0.491 e. The van der Waals surface area contributed by atoms with Crippen LogP contribution in [0.2, 0.25) is 0 Å². The van der Waals surface area contributed by atoms with Crippen LogP contribution in [-0.4, -0.2) is 91.1 Å². The summed E-state index contributed by atoms with van der Waals surface area (Å²) in [6, 6.07) is 6.54. The number of nitrogens with zero attached hydrogens (tertiary/aromatic N) is 1. The maximum absolute atomic E-state index is 11.3. The van der Waals surface area contributed by atoms with Crippen LogP contribution in [0.25, 0.3) is 0 Å². The highest BCUT2D eigenvalue weighted by Crippen LogP contribution is 2.22. The van der Waals surface area contributed by atoms with Crippen molar-refractivity contribution in [2.75, 3.05) is 44.4 Å². The number of hydrogen-bond acceptors (Lipinski definition) is 11. The van der Waals surface area contributed by atoms with E-state index in [0.29, 0.717) is 11.4 Å². The standard InChI is InChI=1S/C24H31NO10/c1-4-22(29)33-13-18(26)11-25(12-19(27)14-34-23(30)5-2)17-8-7-9-21(10-17)32-15-20(28)16-35-24(31)6-3/h4-10,18-20,26-28H,1-3,11-16H2. The van der Waals surface area contributed by atoms with Crippen molar-refractivity contribution in [3.8, 4) is 5.75 Å². The van der Waals surface area contributed by atoms with E-state index in [-0.39, 0.29) is 39.5 Å². The van der Waals surface area contributed by atoms with Gasteiger partial charge in [0.05, 0.1) is 0 Å². The highest BCUT2D eigenvalue weighted by molar-refractivity contribution is 5.81. The zero-order chi connectivity index (χ0) is 26.2. The third kappa shape index (κ3) is 12.4. The second-order valence-electron chi connectivity index (χ2n) is 7.18. The number of anilines is 1. The lowest BCUT2D eigenvalue weighted by Crippen LogP contribution is -2.41. The van der Waals surface area contributed by atoms with Crippen LogP contribution in [0.3, 0.4) is 0 Å². The molecule has 0 heterocycles. The van der Waals surface area contributed by atoms with Crippen molar-refractivity contribution < 1.29 is 48.7 Å². The summed E-state index contributed by atoms with van der Waals surface area (Å²) in [6.45, 7) is 8.65. The molecule has 0 aliphatic carbocycles. The Labute approximate surface area is 203 Å². The van der Waals surface area contributed by atoms with Crippen LogP contribution >= 0.6 is 0 Å². The van der Waals surface area contributed by atoms with Crippen LogP contribution in [-0.2, 0) is 28.6 Å². The highest BCUT2D eigenvalue weighted by Gasteiger charge is 2.19. The third-order valence-electron chi connectivity index (χ3n) is 4.24. The smallest absolute Gasteiger partial charge is 0.330 e. The van der Waals surface area contributed by atoms with Crippen LogP contribution in [0.5, 0.6) is 5.75 Å². The number of aliphatic hydroxyl groups excluding tert-OH is 3. The first-order valence-corrected chi connectivity index (χ1v) is 10.6. The van der Waals surface area contributed by atoms with Crippen molar-refractivity contribution in [2.24, 2.45) is 0 Å². The van der Waals surface area contributed by atoms with E-state index < -0.39 is 36.2 Å². The van der Waals surface area contributed by atoms with Crippen molar-refractivity contribution >= 4 is 23.6 Å². The van der Waals surface area contributed by atoms with Gasteiger partial charge in [0.1, 0.15) is 50.5 Å². The quantitative estimate of drug-likeness (QED) is 0.154. The molecular formula is C24H31NO10. The molecule has 192 valence electrons. The molecule has 0 spiro atoms. The number of benzene rings is 1. The molecule has 0 fully saturated rings. The Kier molecular flexibility index (Phi) is 13.5. The summed E-state index contributed by atoms with van der Waals surface area (Å²) in [5, 5.41) is 30.5. The molecule has 0 aliphatic rings. The molecule has 35 heavy (non-hydrogen) atoms. The second-order valence-corrected chi connectivity index (χ2v) is 7.18. The Balaban J connectivity index is 2.87. The predicted octanol–water partition coefficient (Wildman–Crippen LogP) is 0.142.